The maximum Gasteiger partial charge on any atom is 0.341 e. The van der Waals surface area contributed by atoms with Gasteiger partial charge in [-0.05, 0) is 18.2 Å². The smallest absolute Gasteiger partial charge is 0.341 e. The molecule has 0 bridgehead atoms. The van der Waals surface area contributed by atoms with Gasteiger partial charge in [0.05, 0.1) is 27.6 Å². The molecule has 5 nitrogen and oxygen atoms in total. The molecular weight excluding hydrogens is 296 g/mol. The summed E-state index contributed by atoms with van der Waals surface area (Å²) in [6.45, 7) is 0. The van der Waals surface area contributed by atoms with Crippen LogP contribution >= 0.6 is 0 Å². The minimum absolute atomic E-state index is 0.272. The van der Waals surface area contributed by atoms with Gasteiger partial charge in [0.1, 0.15) is 22.8 Å². The summed E-state index contributed by atoms with van der Waals surface area (Å²) >= 11 is 0. The molecule has 5 heteroatoms. The molecular formula is C18H18O5. The molecule has 0 aliphatic rings. The number of carbonyl (C=O) groups excluding carboxylic acids is 1. The van der Waals surface area contributed by atoms with Crippen LogP contribution in [0.1, 0.15) is 5.56 Å². The zero-order chi connectivity index (χ0) is 16.7. The average Bonchev–Trinajstić information content (AvgIpc) is 2.60. The standard InChI is InChI=1S/C18H18O5/c1-20-12-16(18(19)22-3)15-9-4-5-10-17(15)23-14-8-6-7-13(11-14)21-2/h4-12H,1-3H3/b16-12+. The Labute approximate surface area is 135 Å². The maximum absolute atomic E-state index is 12.0. The third kappa shape index (κ3) is 4.03. The molecule has 23 heavy (non-hydrogen) atoms. The van der Waals surface area contributed by atoms with E-state index in [2.05, 4.69) is 0 Å². The second kappa shape index (κ2) is 7.89. The van der Waals surface area contributed by atoms with E-state index in [1.807, 2.05) is 18.2 Å². The number of para-hydroxylation sites is 1. The molecule has 0 aliphatic heterocycles. The molecule has 0 fully saturated rings. The Morgan fingerprint density at radius 2 is 1.70 bits per heavy atom. The second-order valence-electron chi connectivity index (χ2n) is 4.54. The van der Waals surface area contributed by atoms with Crippen molar-refractivity contribution in [1.29, 1.82) is 0 Å². The molecule has 2 aromatic rings. The van der Waals surface area contributed by atoms with E-state index in [0.717, 1.165) is 0 Å². The van der Waals surface area contributed by atoms with Crippen LogP contribution in [-0.4, -0.2) is 27.3 Å². The van der Waals surface area contributed by atoms with Gasteiger partial charge in [0.25, 0.3) is 0 Å². The van der Waals surface area contributed by atoms with E-state index in [1.54, 1.807) is 37.4 Å². The molecule has 0 atom stereocenters. The van der Waals surface area contributed by atoms with Crippen molar-refractivity contribution in [1.82, 2.24) is 0 Å². The van der Waals surface area contributed by atoms with E-state index in [1.165, 1.54) is 20.5 Å². The van der Waals surface area contributed by atoms with Crippen molar-refractivity contribution in [2.24, 2.45) is 0 Å². The first kappa shape index (κ1) is 16.4. The van der Waals surface area contributed by atoms with Gasteiger partial charge < -0.3 is 18.9 Å². The summed E-state index contributed by atoms with van der Waals surface area (Å²) in [5, 5.41) is 0. The Hall–Kier alpha value is -2.95. The van der Waals surface area contributed by atoms with Crippen molar-refractivity contribution >= 4 is 11.5 Å². The highest BCUT2D eigenvalue weighted by Crippen LogP contribution is 2.32. The molecule has 0 spiro atoms. The van der Waals surface area contributed by atoms with Crippen molar-refractivity contribution in [3.05, 3.63) is 60.4 Å². The van der Waals surface area contributed by atoms with E-state index in [0.29, 0.717) is 22.8 Å². The van der Waals surface area contributed by atoms with Crippen LogP contribution in [0.5, 0.6) is 17.2 Å². The monoisotopic (exact) mass is 314 g/mol. The van der Waals surface area contributed by atoms with E-state index in [-0.39, 0.29) is 5.57 Å². The van der Waals surface area contributed by atoms with Gasteiger partial charge in [0.2, 0.25) is 0 Å². The zero-order valence-electron chi connectivity index (χ0n) is 13.2. The Balaban J connectivity index is 2.40. The van der Waals surface area contributed by atoms with E-state index >= 15 is 0 Å². The van der Waals surface area contributed by atoms with E-state index in [9.17, 15) is 4.79 Å². The summed E-state index contributed by atoms with van der Waals surface area (Å²) in [6.07, 6.45) is 1.33. The Bertz CT molecular complexity index is 706. The molecule has 0 radical (unpaired) electrons. The van der Waals surface area contributed by atoms with Crippen LogP contribution in [0.4, 0.5) is 0 Å². The molecule has 0 aromatic heterocycles. The predicted octanol–water partition coefficient (Wildman–Crippen LogP) is 3.65. The lowest BCUT2D eigenvalue weighted by atomic mass is 10.1. The van der Waals surface area contributed by atoms with E-state index in [4.69, 9.17) is 18.9 Å². The number of esters is 1. The third-order valence-electron chi connectivity index (χ3n) is 3.09. The fourth-order valence-electron chi connectivity index (χ4n) is 2.02. The first-order chi connectivity index (χ1) is 11.2. The first-order valence-corrected chi connectivity index (χ1v) is 6.92. The van der Waals surface area contributed by atoms with Crippen LogP contribution in [0, 0.1) is 0 Å². The van der Waals surface area contributed by atoms with Crippen molar-refractivity contribution in [2.45, 2.75) is 0 Å². The Morgan fingerprint density at radius 3 is 2.39 bits per heavy atom. The van der Waals surface area contributed by atoms with Crippen molar-refractivity contribution < 1.29 is 23.7 Å². The van der Waals surface area contributed by atoms with Gasteiger partial charge in [-0.15, -0.1) is 0 Å². The minimum atomic E-state index is -0.506. The number of rotatable bonds is 6. The van der Waals surface area contributed by atoms with Crippen LogP contribution in [0.25, 0.3) is 5.57 Å². The molecule has 0 saturated carbocycles. The molecule has 0 aliphatic carbocycles. The average molecular weight is 314 g/mol. The van der Waals surface area contributed by atoms with Crippen LogP contribution in [0.15, 0.2) is 54.8 Å². The van der Waals surface area contributed by atoms with Crippen LogP contribution in [-0.2, 0) is 14.3 Å². The van der Waals surface area contributed by atoms with Gasteiger partial charge in [-0.25, -0.2) is 4.79 Å². The number of ether oxygens (including phenoxy) is 4. The summed E-state index contributed by atoms with van der Waals surface area (Å²) in [6, 6.07) is 14.4. The number of hydrogen-bond acceptors (Lipinski definition) is 5. The largest absolute Gasteiger partial charge is 0.503 e. The summed E-state index contributed by atoms with van der Waals surface area (Å²) in [7, 11) is 4.37. The SMILES string of the molecule is CO/C=C(/C(=O)OC)c1ccccc1Oc1cccc(OC)c1. The summed E-state index contributed by atoms with van der Waals surface area (Å²) in [4.78, 5) is 12.0. The van der Waals surface area contributed by atoms with Gasteiger partial charge in [0, 0.05) is 11.6 Å². The number of benzene rings is 2. The van der Waals surface area contributed by atoms with Crippen molar-refractivity contribution in [3.63, 3.8) is 0 Å². The maximum atomic E-state index is 12.0. The molecule has 2 aromatic carbocycles. The Kier molecular flexibility index (Phi) is 5.63. The highest BCUT2D eigenvalue weighted by atomic mass is 16.5. The highest BCUT2D eigenvalue weighted by Gasteiger charge is 2.18. The summed E-state index contributed by atoms with van der Waals surface area (Å²) < 4.78 is 20.9. The Morgan fingerprint density at radius 1 is 0.957 bits per heavy atom. The first-order valence-electron chi connectivity index (χ1n) is 6.92. The number of methoxy groups -OCH3 is 3. The van der Waals surface area contributed by atoms with Gasteiger partial charge in [-0.1, -0.05) is 24.3 Å². The van der Waals surface area contributed by atoms with Crippen molar-refractivity contribution in [3.8, 4) is 17.2 Å². The quantitative estimate of drug-likeness (QED) is 0.463. The molecule has 0 heterocycles. The number of hydrogen-bond donors (Lipinski definition) is 0. The van der Waals surface area contributed by atoms with Gasteiger partial charge >= 0.3 is 5.97 Å². The van der Waals surface area contributed by atoms with E-state index < -0.39 is 5.97 Å². The molecule has 2 rings (SSSR count). The van der Waals surface area contributed by atoms with Gasteiger partial charge in [-0.3, -0.25) is 0 Å². The van der Waals surface area contributed by atoms with Crippen LogP contribution < -0.4 is 9.47 Å². The number of carbonyl (C=O) groups is 1. The zero-order valence-corrected chi connectivity index (χ0v) is 13.2. The lowest BCUT2D eigenvalue weighted by Crippen LogP contribution is -2.05. The third-order valence-corrected chi connectivity index (χ3v) is 3.09. The highest BCUT2D eigenvalue weighted by molar-refractivity contribution is 6.17. The fraction of sp³-hybridized carbons (Fsp3) is 0.167. The lowest BCUT2D eigenvalue weighted by Gasteiger charge is -2.13. The van der Waals surface area contributed by atoms with Crippen molar-refractivity contribution in [2.75, 3.05) is 21.3 Å². The van der Waals surface area contributed by atoms with Crippen LogP contribution in [0.2, 0.25) is 0 Å². The second-order valence-corrected chi connectivity index (χ2v) is 4.54. The molecule has 120 valence electrons. The van der Waals surface area contributed by atoms with Crippen LogP contribution in [0.3, 0.4) is 0 Å². The lowest BCUT2D eigenvalue weighted by molar-refractivity contribution is -0.133. The molecule has 0 amide bonds. The van der Waals surface area contributed by atoms with Gasteiger partial charge in [0.15, 0.2) is 0 Å². The fourth-order valence-corrected chi connectivity index (χ4v) is 2.02. The summed E-state index contributed by atoms with van der Waals surface area (Å²) in [5.41, 5.74) is 0.845. The molecule has 0 unspecified atom stereocenters. The summed E-state index contributed by atoms with van der Waals surface area (Å²) in [5.74, 6) is 1.28. The predicted molar refractivity (Wildman–Crippen MR) is 86.5 cm³/mol. The van der Waals surface area contributed by atoms with Gasteiger partial charge in [-0.2, -0.15) is 0 Å². The molecule has 0 saturated heterocycles. The normalized spacial score (nSPS) is 10.8. The minimum Gasteiger partial charge on any atom is -0.503 e. The topological polar surface area (TPSA) is 54.0 Å². The molecule has 0 N–H and O–H groups in total.